The molecular weight excluding hydrogens is 502 g/mol. The maximum atomic E-state index is 13.5. The molecule has 6 rings (SSSR count). The van der Waals surface area contributed by atoms with Gasteiger partial charge in [-0.3, -0.25) is 9.59 Å². The Bertz CT molecular complexity index is 1390. The van der Waals surface area contributed by atoms with Crippen molar-refractivity contribution in [2.24, 2.45) is 5.92 Å². The first-order valence-electron chi connectivity index (χ1n) is 13.5. The summed E-state index contributed by atoms with van der Waals surface area (Å²) in [6.45, 7) is 2.68. The first kappa shape index (κ1) is 25.4. The summed E-state index contributed by atoms with van der Waals surface area (Å²) in [5.41, 5.74) is 3.68. The van der Waals surface area contributed by atoms with E-state index in [9.17, 15) is 9.59 Å². The van der Waals surface area contributed by atoms with Crippen molar-refractivity contribution < 1.29 is 28.5 Å². The maximum Gasteiger partial charge on any atom is 0.255 e. The fraction of sp³-hybridized carbons (Fsp3) is 0.500. The average molecular weight is 536 g/mol. The van der Waals surface area contributed by atoms with E-state index in [1.54, 1.807) is 0 Å². The van der Waals surface area contributed by atoms with Crippen LogP contribution in [0.3, 0.4) is 0 Å². The minimum absolute atomic E-state index is 0.0177. The SMILES string of the molecule is COCC(=O)NC1CCC(NC(=O)c2c(C)[nH]c3c(-c4c(OCC5CC5)ccc5c4OCO5)ncnc23)CC1. The quantitative estimate of drug-likeness (QED) is 0.380. The summed E-state index contributed by atoms with van der Waals surface area (Å²) < 4.78 is 22.6. The van der Waals surface area contributed by atoms with Crippen LogP contribution >= 0.6 is 0 Å². The van der Waals surface area contributed by atoms with Crippen LogP contribution in [-0.4, -0.2) is 66.0 Å². The Labute approximate surface area is 226 Å². The van der Waals surface area contributed by atoms with Gasteiger partial charge in [-0.2, -0.15) is 0 Å². The minimum atomic E-state index is -0.182. The van der Waals surface area contributed by atoms with E-state index in [-0.39, 0.29) is 37.3 Å². The third-order valence-corrected chi connectivity index (χ3v) is 7.61. The summed E-state index contributed by atoms with van der Waals surface area (Å²) in [5.74, 6) is 2.16. The minimum Gasteiger partial charge on any atom is -0.492 e. The van der Waals surface area contributed by atoms with Crippen molar-refractivity contribution in [3.8, 4) is 28.5 Å². The molecule has 11 heteroatoms. The molecule has 2 aromatic heterocycles. The van der Waals surface area contributed by atoms with E-state index in [4.69, 9.17) is 18.9 Å². The Morgan fingerprint density at radius 1 is 1.05 bits per heavy atom. The van der Waals surface area contributed by atoms with Crippen LogP contribution in [0.5, 0.6) is 17.2 Å². The number of carbonyl (C=O) groups excluding carboxylic acids is 2. The molecule has 3 aliphatic rings. The van der Waals surface area contributed by atoms with Crippen molar-refractivity contribution in [2.45, 2.75) is 57.5 Å². The molecule has 206 valence electrons. The number of aryl methyl sites for hydroxylation is 1. The molecule has 3 heterocycles. The molecule has 39 heavy (non-hydrogen) atoms. The van der Waals surface area contributed by atoms with Crippen LogP contribution in [0, 0.1) is 12.8 Å². The standard InChI is InChI=1S/C28H33N5O6/c1-15-22(28(35)33-18-7-5-17(6-8-18)32-21(34)12-36-2)24-26(31-15)25(30-13-29-24)23-19(37-11-16-3-4-16)9-10-20-27(23)39-14-38-20/h9-10,13,16-18,31H,3-8,11-12,14H2,1-2H3,(H,32,34)(H,33,35). The zero-order chi connectivity index (χ0) is 26.9. The number of ether oxygens (including phenoxy) is 4. The first-order chi connectivity index (χ1) is 19.0. The van der Waals surface area contributed by atoms with E-state index < -0.39 is 0 Å². The largest absolute Gasteiger partial charge is 0.492 e. The number of methoxy groups -OCH3 is 1. The number of amides is 2. The molecule has 0 bridgehead atoms. The number of carbonyl (C=O) groups is 2. The molecule has 0 unspecified atom stereocenters. The topological polar surface area (TPSA) is 137 Å². The van der Waals surface area contributed by atoms with Gasteiger partial charge in [0.1, 0.15) is 29.9 Å². The Morgan fingerprint density at radius 2 is 1.82 bits per heavy atom. The monoisotopic (exact) mass is 535 g/mol. The van der Waals surface area contributed by atoms with Gasteiger partial charge in [-0.15, -0.1) is 0 Å². The molecule has 2 amide bonds. The second-order valence-corrected chi connectivity index (χ2v) is 10.5. The van der Waals surface area contributed by atoms with E-state index >= 15 is 0 Å². The van der Waals surface area contributed by atoms with Gasteiger partial charge in [0.15, 0.2) is 11.5 Å². The molecule has 2 fully saturated rings. The molecule has 3 N–H and O–H groups in total. The van der Waals surface area contributed by atoms with Crippen LogP contribution in [0.1, 0.15) is 54.6 Å². The van der Waals surface area contributed by atoms with Gasteiger partial charge in [0, 0.05) is 24.9 Å². The number of H-pyrrole nitrogens is 1. The Morgan fingerprint density at radius 3 is 2.56 bits per heavy atom. The van der Waals surface area contributed by atoms with Gasteiger partial charge >= 0.3 is 0 Å². The Hall–Kier alpha value is -3.86. The summed E-state index contributed by atoms with van der Waals surface area (Å²) in [5, 5.41) is 6.17. The predicted molar refractivity (Wildman–Crippen MR) is 142 cm³/mol. The number of rotatable bonds is 9. The van der Waals surface area contributed by atoms with Crippen LogP contribution in [0.25, 0.3) is 22.3 Å². The third kappa shape index (κ3) is 5.23. The second-order valence-electron chi connectivity index (χ2n) is 10.5. The predicted octanol–water partition coefficient (Wildman–Crippen LogP) is 3.25. The normalized spacial score (nSPS) is 20.2. The average Bonchev–Trinajstić information content (AvgIpc) is 3.51. The summed E-state index contributed by atoms with van der Waals surface area (Å²) >= 11 is 0. The maximum absolute atomic E-state index is 13.5. The number of fused-ring (bicyclic) bond motifs is 2. The van der Waals surface area contributed by atoms with Crippen LogP contribution in [0.4, 0.5) is 0 Å². The smallest absolute Gasteiger partial charge is 0.255 e. The van der Waals surface area contributed by atoms with Crippen LogP contribution in [0.2, 0.25) is 0 Å². The van der Waals surface area contributed by atoms with Gasteiger partial charge in [-0.1, -0.05) is 0 Å². The first-order valence-corrected chi connectivity index (χ1v) is 13.5. The lowest BCUT2D eigenvalue weighted by Crippen LogP contribution is -2.44. The lowest BCUT2D eigenvalue weighted by atomic mass is 9.91. The highest BCUT2D eigenvalue weighted by Gasteiger charge is 2.30. The number of benzene rings is 1. The molecule has 0 atom stereocenters. The van der Waals surface area contributed by atoms with Crippen molar-refractivity contribution in [2.75, 3.05) is 27.1 Å². The van der Waals surface area contributed by atoms with Crippen LogP contribution < -0.4 is 24.8 Å². The number of hydrogen-bond donors (Lipinski definition) is 3. The number of nitrogens with zero attached hydrogens (tertiary/aromatic N) is 2. The van der Waals surface area contributed by atoms with E-state index in [1.165, 1.54) is 26.3 Å². The van der Waals surface area contributed by atoms with Crippen LogP contribution in [-0.2, 0) is 9.53 Å². The Balaban J connectivity index is 1.24. The van der Waals surface area contributed by atoms with E-state index in [2.05, 4.69) is 25.6 Å². The van der Waals surface area contributed by atoms with Gasteiger partial charge < -0.3 is 34.6 Å². The zero-order valence-corrected chi connectivity index (χ0v) is 22.2. The third-order valence-electron chi connectivity index (χ3n) is 7.61. The molecule has 2 saturated carbocycles. The molecule has 0 spiro atoms. The fourth-order valence-corrected chi connectivity index (χ4v) is 5.42. The number of aromatic nitrogens is 3. The van der Waals surface area contributed by atoms with Gasteiger partial charge in [0.05, 0.1) is 23.3 Å². The Kier molecular flexibility index (Phi) is 6.99. The summed E-state index contributed by atoms with van der Waals surface area (Å²) in [6.07, 6.45) is 6.97. The number of nitrogens with one attached hydrogen (secondary N) is 3. The molecule has 0 saturated heterocycles. The molecule has 0 radical (unpaired) electrons. The lowest BCUT2D eigenvalue weighted by Gasteiger charge is -2.29. The fourth-order valence-electron chi connectivity index (χ4n) is 5.42. The molecule has 2 aliphatic carbocycles. The van der Waals surface area contributed by atoms with Crippen molar-refractivity contribution in [3.63, 3.8) is 0 Å². The molecular formula is C28H33N5O6. The van der Waals surface area contributed by atoms with Crippen molar-refractivity contribution in [3.05, 3.63) is 29.7 Å². The van der Waals surface area contributed by atoms with E-state index in [1.807, 2.05) is 19.1 Å². The number of aromatic amines is 1. The van der Waals surface area contributed by atoms with Gasteiger partial charge in [0.2, 0.25) is 12.7 Å². The highest BCUT2D eigenvalue weighted by molar-refractivity contribution is 6.09. The highest BCUT2D eigenvalue weighted by atomic mass is 16.7. The van der Waals surface area contributed by atoms with Gasteiger partial charge in [-0.05, 0) is 63.5 Å². The summed E-state index contributed by atoms with van der Waals surface area (Å²) in [7, 11) is 1.50. The van der Waals surface area contributed by atoms with Crippen molar-refractivity contribution in [1.29, 1.82) is 0 Å². The lowest BCUT2D eigenvalue weighted by molar-refractivity contribution is -0.125. The van der Waals surface area contributed by atoms with Gasteiger partial charge in [0.25, 0.3) is 5.91 Å². The molecule has 3 aromatic rings. The highest BCUT2D eigenvalue weighted by Crippen LogP contribution is 2.48. The van der Waals surface area contributed by atoms with Crippen molar-refractivity contribution in [1.82, 2.24) is 25.6 Å². The van der Waals surface area contributed by atoms with Crippen LogP contribution in [0.15, 0.2) is 18.5 Å². The summed E-state index contributed by atoms with van der Waals surface area (Å²) in [6, 6.07) is 3.85. The molecule has 11 nitrogen and oxygen atoms in total. The van der Waals surface area contributed by atoms with Gasteiger partial charge in [-0.25, -0.2) is 9.97 Å². The van der Waals surface area contributed by atoms with E-state index in [0.29, 0.717) is 63.3 Å². The van der Waals surface area contributed by atoms with Crippen molar-refractivity contribution >= 4 is 22.8 Å². The molecule has 1 aromatic carbocycles. The summed E-state index contributed by atoms with van der Waals surface area (Å²) in [4.78, 5) is 37.8. The number of hydrogen-bond acceptors (Lipinski definition) is 8. The molecule has 1 aliphatic heterocycles. The zero-order valence-electron chi connectivity index (χ0n) is 22.2. The second kappa shape index (κ2) is 10.7. The van der Waals surface area contributed by atoms with E-state index in [0.717, 1.165) is 25.7 Å².